The van der Waals surface area contributed by atoms with Crippen molar-refractivity contribution in [1.29, 1.82) is 0 Å². The van der Waals surface area contributed by atoms with Crippen molar-refractivity contribution in [2.24, 2.45) is 0 Å². The molecule has 2 N–H and O–H groups in total. The SMILES string of the molecule is CC(C)(C)NC(=O)NC(=O)COC(=O)c1cc(Cl)ccn1. The van der Waals surface area contributed by atoms with E-state index in [0.29, 0.717) is 5.02 Å². The lowest BCUT2D eigenvalue weighted by molar-refractivity contribution is -0.123. The van der Waals surface area contributed by atoms with Gasteiger partial charge in [-0.05, 0) is 32.9 Å². The van der Waals surface area contributed by atoms with E-state index in [1.54, 1.807) is 20.8 Å². The van der Waals surface area contributed by atoms with Crippen LogP contribution in [-0.2, 0) is 9.53 Å². The second kappa shape index (κ2) is 7.03. The summed E-state index contributed by atoms with van der Waals surface area (Å²) in [4.78, 5) is 38.2. The minimum absolute atomic E-state index is 0.0190. The van der Waals surface area contributed by atoms with Gasteiger partial charge in [-0.2, -0.15) is 0 Å². The molecule has 0 unspecified atom stereocenters. The standard InChI is InChI=1S/C13H16ClN3O4/c1-13(2,3)17-12(20)16-10(18)7-21-11(19)9-6-8(14)4-5-15-9/h4-6H,7H2,1-3H3,(H2,16,17,18,20). The van der Waals surface area contributed by atoms with E-state index in [4.69, 9.17) is 16.3 Å². The molecule has 1 aromatic heterocycles. The van der Waals surface area contributed by atoms with E-state index in [0.717, 1.165) is 0 Å². The third kappa shape index (κ3) is 6.71. The first-order valence-corrected chi connectivity index (χ1v) is 6.46. The Balaban J connectivity index is 2.43. The number of pyridine rings is 1. The molecular weight excluding hydrogens is 298 g/mol. The molecule has 0 spiro atoms. The molecule has 21 heavy (non-hydrogen) atoms. The molecule has 1 aromatic rings. The van der Waals surface area contributed by atoms with Gasteiger partial charge in [-0.15, -0.1) is 0 Å². The average Bonchev–Trinajstić information content (AvgIpc) is 2.33. The summed E-state index contributed by atoms with van der Waals surface area (Å²) >= 11 is 5.70. The van der Waals surface area contributed by atoms with Crippen LogP contribution >= 0.6 is 11.6 Å². The van der Waals surface area contributed by atoms with E-state index >= 15 is 0 Å². The van der Waals surface area contributed by atoms with Crippen molar-refractivity contribution < 1.29 is 19.1 Å². The number of aromatic nitrogens is 1. The van der Waals surface area contributed by atoms with Crippen molar-refractivity contribution in [3.63, 3.8) is 0 Å². The van der Waals surface area contributed by atoms with Gasteiger partial charge in [-0.25, -0.2) is 14.6 Å². The molecule has 0 aromatic carbocycles. The number of halogens is 1. The van der Waals surface area contributed by atoms with E-state index in [1.165, 1.54) is 18.3 Å². The van der Waals surface area contributed by atoms with Crippen LogP contribution in [0.4, 0.5) is 4.79 Å². The minimum Gasteiger partial charge on any atom is -0.451 e. The Bertz CT molecular complexity index is 555. The van der Waals surface area contributed by atoms with Crippen molar-refractivity contribution in [3.05, 3.63) is 29.0 Å². The highest BCUT2D eigenvalue weighted by molar-refractivity contribution is 6.30. The number of hydrogen-bond donors (Lipinski definition) is 2. The lowest BCUT2D eigenvalue weighted by atomic mass is 10.1. The van der Waals surface area contributed by atoms with Crippen molar-refractivity contribution in [3.8, 4) is 0 Å². The van der Waals surface area contributed by atoms with Crippen LogP contribution in [0.15, 0.2) is 18.3 Å². The molecule has 3 amide bonds. The number of carbonyl (C=O) groups excluding carboxylic acids is 3. The smallest absolute Gasteiger partial charge is 0.357 e. The van der Waals surface area contributed by atoms with Crippen LogP contribution in [0.1, 0.15) is 31.3 Å². The molecule has 1 rings (SSSR count). The van der Waals surface area contributed by atoms with Gasteiger partial charge in [-0.1, -0.05) is 11.6 Å². The zero-order chi connectivity index (χ0) is 16.0. The maximum absolute atomic E-state index is 11.6. The summed E-state index contributed by atoms with van der Waals surface area (Å²) in [5.41, 5.74) is -0.499. The Morgan fingerprint density at radius 1 is 1.33 bits per heavy atom. The minimum atomic E-state index is -0.802. The van der Waals surface area contributed by atoms with Gasteiger partial charge in [-0.3, -0.25) is 10.1 Å². The Labute approximate surface area is 127 Å². The Morgan fingerprint density at radius 2 is 2.00 bits per heavy atom. The molecule has 0 aliphatic heterocycles. The van der Waals surface area contributed by atoms with E-state index in [-0.39, 0.29) is 5.69 Å². The highest BCUT2D eigenvalue weighted by atomic mass is 35.5. The molecule has 0 aliphatic rings. The van der Waals surface area contributed by atoms with Crippen LogP contribution in [0.3, 0.4) is 0 Å². The predicted octanol–water partition coefficient (Wildman–Crippen LogP) is 1.52. The van der Waals surface area contributed by atoms with Crippen molar-refractivity contribution >= 4 is 29.5 Å². The number of imide groups is 1. The molecule has 0 radical (unpaired) electrons. The van der Waals surface area contributed by atoms with Crippen LogP contribution in [0, 0.1) is 0 Å². The number of rotatable bonds is 3. The first-order chi connectivity index (χ1) is 9.67. The van der Waals surface area contributed by atoms with Gasteiger partial charge in [0.05, 0.1) is 0 Å². The van der Waals surface area contributed by atoms with Gasteiger partial charge in [0.1, 0.15) is 5.69 Å². The van der Waals surface area contributed by atoms with Crippen molar-refractivity contribution in [2.45, 2.75) is 26.3 Å². The first-order valence-electron chi connectivity index (χ1n) is 6.08. The van der Waals surface area contributed by atoms with Gasteiger partial charge in [0.2, 0.25) is 0 Å². The van der Waals surface area contributed by atoms with Gasteiger partial charge in [0.25, 0.3) is 5.91 Å². The number of nitrogens with one attached hydrogen (secondary N) is 2. The molecule has 7 nitrogen and oxygen atoms in total. The summed E-state index contributed by atoms with van der Waals surface area (Å²) in [7, 11) is 0. The second-order valence-corrected chi connectivity index (χ2v) is 5.62. The van der Waals surface area contributed by atoms with Crippen LogP contribution in [0.5, 0.6) is 0 Å². The van der Waals surface area contributed by atoms with Crippen LogP contribution in [0.2, 0.25) is 5.02 Å². The Kier molecular flexibility index (Phi) is 5.66. The zero-order valence-corrected chi connectivity index (χ0v) is 12.7. The highest BCUT2D eigenvalue weighted by Gasteiger charge is 2.17. The molecule has 0 bridgehead atoms. The van der Waals surface area contributed by atoms with Crippen molar-refractivity contribution in [2.75, 3.05) is 6.61 Å². The normalized spacial score (nSPS) is 10.7. The highest BCUT2D eigenvalue weighted by Crippen LogP contribution is 2.08. The Morgan fingerprint density at radius 3 is 2.57 bits per heavy atom. The third-order valence-electron chi connectivity index (χ3n) is 2.01. The summed E-state index contributed by atoms with van der Waals surface area (Å²) < 4.78 is 4.72. The molecule has 8 heteroatoms. The topological polar surface area (TPSA) is 97.4 Å². The molecule has 0 atom stereocenters. The van der Waals surface area contributed by atoms with E-state index in [2.05, 4.69) is 10.3 Å². The lowest BCUT2D eigenvalue weighted by Gasteiger charge is -2.20. The molecular formula is C13H16ClN3O4. The van der Waals surface area contributed by atoms with E-state index in [1.807, 2.05) is 5.32 Å². The molecule has 0 fully saturated rings. The number of ether oxygens (including phenoxy) is 1. The average molecular weight is 314 g/mol. The largest absolute Gasteiger partial charge is 0.451 e. The number of carbonyl (C=O) groups is 3. The fraction of sp³-hybridized carbons (Fsp3) is 0.385. The zero-order valence-electron chi connectivity index (χ0n) is 11.9. The summed E-state index contributed by atoms with van der Waals surface area (Å²) in [5, 5.41) is 4.90. The van der Waals surface area contributed by atoms with Gasteiger partial charge in [0, 0.05) is 16.8 Å². The predicted molar refractivity (Wildman–Crippen MR) is 76.0 cm³/mol. The van der Waals surface area contributed by atoms with Crippen LogP contribution < -0.4 is 10.6 Å². The van der Waals surface area contributed by atoms with E-state index < -0.39 is 30.1 Å². The molecule has 1 heterocycles. The van der Waals surface area contributed by atoms with Crippen molar-refractivity contribution in [1.82, 2.24) is 15.6 Å². The summed E-state index contributed by atoms with van der Waals surface area (Å²) in [6, 6.07) is 2.15. The third-order valence-corrected chi connectivity index (χ3v) is 2.24. The maximum atomic E-state index is 11.6. The summed E-state index contributed by atoms with van der Waals surface area (Å²) in [6.07, 6.45) is 1.34. The van der Waals surface area contributed by atoms with Gasteiger partial charge >= 0.3 is 12.0 Å². The fourth-order valence-electron chi connectivity index (χ4n) is 1.26. The Hall–Kier alpha value is -2.15. The number of nitrogens with zero attached hydrogens (tertiary/aromatic N) is 1. The van der Waals surface area contributed by atoms with Gasteiger partial charge < -0.3 is 10.1 Å². The van der Waals surface area contributed by atoms with E-state index in [9.17, 15) is 14.4 Å². The molecule has 0 saturated heterocycles. The summed E-state index contributed by atoms with van der Waals surface area (Å²) in [6.45, 7) is 4.70. The lowest BCUT2D eigenvalue weighted by Crippen LogP contribution is -2.49. The maximum Gasteiger partial charge on any atom is 0.357 e. The number of hydrogen-bond acceptors (Lipinski definition) is 5. The summed E-state index contributed by atoms with van der Waals surface area (Å²) in [5.74, 6) is -1.55. The number of amides is 3. The number of esters is 1. The monoisotopic (exact) mass is 313 g/mol. The second-order valence-electron chi connectivity index (χ2n) is 5.19. The first kappa shape index (κ1) is 16.9. The molecule has 0 saturated carbocycles. The molecule has 114 valence electrons. The fourth-order valence-corrected chi connectivity index (χ4v) is 1.42. The van der Waals surface area contributed by atoms with Crippen LogP contribution in [0.25, 0.3) is 0 Å². The quantitative estimate of drug-likeness (QED) is 0.824. The molecule has 0 aliphatic carbocycles. The van der Waals surface area contributed by atoms with Crippen LogP contribution in [-0.4, -0.2) is 35.0 Å². The number of urea groups is 1. The van der Waals surface area contributed by atoms with Gasteiger partial charge in [0.15, 0.2) is 6.61 Å².